The molecule has 1 saturated heterocycles. The summed E-state index contributed by atoms with van der Waals surface area (Å²) in [6, 6.07) is 8.74. The quantitative estimate of drug-likeness (QED) is 0.921. The van der Waals surface area contributed by atoms with Gasteiger partial charge in [-0.15, -0.1) is 0 Å². The monoisotopic (exact) mass is 309 g/mol. The van der Waals surface area contributed by atoms with E-state index in [-0.39, 0.29) is 5.54 Å². The van der Waals surface area contributed by atoms with Gasteiger partial charge in [0.15, 0.2) is 0 Å². The van der Waals surface area contributed by atoms with Gasteiger partial charge in [-0.05, 0) is 45.9 Å². The lowest BCUT2D eigenvalue weighted by molar-refractivity contribution is 0.184. The van der Waals surface area contributed by atoms with Crippen molar-refractivity contribution >= 4 is 17.3 Å². The molecule has 1 fully saturated rings. The SMILES string of the molecule is CC(CNC(C)(C)C)N1CCN(c2cccc(Cl)c2)CC1. The molecular formula is C17H28ClN3. The number of anilines is 1. The molecule has 3 nitrogen and oxygen atoms in total. The minimum atomic E-state index is 0.191. The summed E-state index contributed by atoms with van der Waals surface area (Å²) in [5.41, 5.74) is 1.43. The van der Waals surface area contributed by atoms with E-state index in [9.17, 15) is 0 Å². The van der Waals surface area contributed by atoms with Gasteiger partial charge < -0.3 is 10.2 Å². The first-order chi connectivity index (χ1) is 9.85. The summed E-state index contributed by atoms with van der Waals surface area (Å²) in [4.78, 5) is 4.99. The topological polar surface area (TPSA) is 18.5 Å². The summed E-state index contributed by atoms with van der Waals surface area (Å²) in [6.45, 7) is 14.4. The van der Waals surface area contributed by atoms with Crippen molar-refractivity contribution in [1.82, 2.24) is 10.2 Å². The lowest BCUT2D eigenvalue weighted by Crippen LogP contribution is -2.53. The van der Waals surface area contributed by atoms with Crippen molar-refractivity contribution in [3.05, 3.63) is 29.3 Å². The number of piperazine rings is 1. The van der Waals surface area contributed by atoms with Crippen LogP contribution in [0, 0.1) is 0 Å². The minimum Gasteiger partial charge on any atom is -0.369 e. The second-order valence-corrected chi connectivity index (χ2v) is 7.42. The Hall–Kier alpha value is -0.770. The van der Waals surface area contributed by atoms with Crippen molar-refractivity contribution in [3.8, 4) is 0 Å². The van der Waals surface area contributed by atoms with Crippen molar-refractivity contribution in [2.24, 2.45) is 0 Å². The highest BCUT2D eigenvalue weighted by Gasteiger charge is 2.22. The van der Waals surface area contributed by atoms with E-state index in [4.69, 9.17) is 11.6 Å². The molecule has 2 rings (SSSR count). The molecule has 1 aromatic carbocycles. The first kappa shape index (κ1) is 16.6. The lowest BCUT2D eigenvalue weighted by Gasteiger charge is -2.40. The van der Waals surface area contributed by atoms with Crippen LogP contribution in [0.2, 0.25) is 5.02 Å². The highest BCUT2D eigenvalue weighted by molar-refractivity contribution is 6.30. The van der Waals surface area contributed by atoms with Crippen LogP contribution in [0.1, 0.15) is 27.7 Å². The molecule has 0 spiro atoms. The van der Waals surface area contributed by atoms with Crippen molar-refractivity contribution in [2.45, 2.75) is 39.3 Å². The normalized spacial score (nSPS) is 18.8. The maximum absolute atomic E-state index is 6.08. The average molecular weight is 310 g/mol. The third-order valence-electron chi connectivity index (χ3n) is 4.04. The second-order valence-electron chi connectivity index (χ2n) is 6.98. The van der Waals surface area contributed by atoms with Gasteiger partial charge in [0.05, 0.1) is 0 Å². The molecule has 0 amide bonds. The molecule has 1 aromatic rings. The van der Waals surface area contributed by atoms with Crippen LogP contribution in [0.15, 0.2) is 24.3 Å². The van der Waals surface area contributed by atoms with Gasteiger partial charge in [0.1, 0.15) is 0 Å². The summed E-state index contributed by atoms with van der Waals surface area (Å²) in [6.07, 6.45) is 0. The van der Waals surface area contributed by atoms with E-state index in [2.05, 4.69) is 54.9 Å². The summed E-state index contributed by atoms with van der Waals surface area (Å²) in [5, 5.41) is 4.41. The third kappa shape index (κ3) is 5.17. The number of nitrogens with zero attached hydrogens (tertiary/aromatic N) is 2. The molecule has 1 heterocycles. The highest BCUT2D eigenvalue weighted by atomic mass is 35.5. The molecule has 1 aliphatic rings. The van der Waals surface area contributed by atoms with Crippen LogP contribution in [-0.2, 0) is 0 Å². The first-order valence-corrected chi connectivity index (χ1v) is 8.22. The molecule has 1 aliphatic heterocycles. The van der Waals surface area contributed by atoms with E-state index in [0.29, 0.717) is 6.04 Å². The molecular weight excluding hydrogens is 282 g/mol. The van der Waals surface area contributed by atoms with E-state index in [0.717, 1.165) is 37.7 Å². The largest absolute Gasteiger partial charge is 0.369 e. The van der Waals surface area contributed by atoms with Crippen LogP contribution in [0.25, 0.3) is 0 Å². The van der Waals surface area contributed by atoms with E-state index < -0.39 is 0 Å². The molecule has 0 aliphatic carbocycles. The Labute approximate surface area is 134 Å². The zero-order valence-corrected chi connectivity index (χ0v) is 14.5. The van der Waals surface area contributed by atoms with Gasteiger partial charge in [-0.2, -0.15) is 0 Å². The first-order valence-electron chi connectivity index (χ1n) is 7.85. The average Bonchev–Trinajstić information content (AvgIpc) is 2.44. The zero-order valence-electron chi connectivity index (χ0n) is 13.7. The molecule has 118 valence electrons. The Morgan fingerprint density at radius 3 is 2.43 bits per heavy atom. The van der Waals surface area contributed by atoms with Gasteiger partial charge in [0.2, 0.25) is 0 Å². The standard InChI is InChI=1S/C17H28ClN3/c1-14(13-19-17(2,3)4)20-8-10-21(11-9-20)16-7-5-6-15(18)12-16/h5-7,12,14,19H,8-11,13H2,1-4H3. The Morgan fingerprint density at radius 1 is 1.19 bits per heavy atom. The van der Waals surface area contributed by atoms with Crippen molar-refractivity contribution < 1.29 is 0 Å². The minimum absolute atomic E-state index is 0.191. The van der Waals surface area contributed by atoms with Crippen molar-refractivity contribution in [2.75, 3.05) is 37.6 Å². The smallest absolute Gasteiger partial charge is 0.0426 e. The summed E-state index contributed by atoms with van der Waals surface area (Å²) >= 11 is 6.08. The van der Waals surface area contributed by atoms with Crippen molar-refractivity contribution in [3.63, 3.8) is 0 Å². The van der Waals surface area contributed by atoms with Crippen molar-refractivity contribution in [1.29, 1.82) is 0 Å². The number of hydrogen-bond acceptors (Lipinski definition) is 3. The van der Waals surface area contributed by atoms with Crippen LogP contribution >= 0.6 is 11.6 Å². The molecule has 0 saturated carbocycles. The highest BCUT2D eigenvalue weighted by Crippen LogP contribution is 2.21. The fourth-order valence-electron chi connectivity index (χ4n) is 2.68. The van der Waals surface area contributed by atoms with E-state index >= 15 is 0 Å². The van der Waals surface area contributed by atoms with E-state index in [1.165, 1.54) is 5.69 Å². The third-order valence-corrected chi connectivity index (χ3v) is 4.27. The zero-order chi connectivity index (χ0) is 15.5. The summed E-state index contributed by atoms with van der Waals surface area (Å²) < 4.78 is 0. The maximum atomic E-state index is 6.08. The number of halogens is 1. The number of hydrogen-bond donors (Lipinski definition) is 1. The number of rotatable bonds is 4. The van der Waals surface area contributed by atoms with Gasteiger partial charge in [-0.3, -0.25) is 4.90 Å². The predicted octanol–water partition coefficient (Wildman–Crippen LogP) is 3.24. The summed E-state index contributed by atoms with van der Waals surface area (Å²) in [5.74, 6) is 0. The maximum Gasteiger partial charge on any atom is 0.0426 e. The van der Waals surface area contributed by atoms with Crippen LogP contribution in [-0.4, -0.2) is 49.2 Å². The molecule has 21 heavy (non-hydrogen) atoms. The van der Waals surface area contributed by atoms with Crippen LogP contribution < -0.4 is 10.2 Å². The molecule has 0 radical (unpaired) electrons. The molecule has 0 bridgehead atoms. The Morgan fingerprint density at radius 2 is 1.86 bits per heavy atom. The molecule has 0 aromatic heterocycles. The Kier molecular flexibility index (Phi) is 5.53. The molecule has 1 unspecified atom stereocenters. The van der Waals surface area contributed by atoms with Gasteiger partial charge in [-0.1, -0.05) is 17.7 Å². The lowest BCUT2D eigenvalue weighted by atomic mass is 10.1. The van der Waals surface area contributed by atoms with Crippen LogP contribution in [0.5, 0.6) is 0 Å². The van der Waals surface area contributed by atoms with Crippen LogP contribution in [0.4, 0.5) is 5.69 Å². The number of benzene rings is 1. The summed E-state index contributed by atoms with van der Waals surface area (Å²) in [7, 11) is 0. The molecule has 1 atom stereocenters. The molecule has 4 heteroatoms. The van der Waals surface area contributed by atoms with Gasteiger partial charge >= 0.3 is 0 Å². The van der Waals surface area contributed by atoms with Gasteiger partial charge in [0, 0.05) is 55.0 Å². The number of nitrogens with one attached hydrogen (secondary N) is 1. The van der Waals surface area contributed by atoms with E-state index in [1.54, 1.807) is 0 Å². The van der Waals surface area contributed by atoms with Gasteiger partial charge in [-0.25, -0.2) is 0 Å². The Bertz CT molecular complexity index is 448. The molecule has 1 N–H and O–H groups in total. The fourth-order valence-corrected chi connectivity index (χ4v) is 2.86. The van der Waals surface area contributed by atoms with Crippen LogP contribution in [0.3, 0.4) is 0 Å². The van der Waals surface area contributed by atoms with E-state index in [1.807, 2.05) is 12.1 Å². The fraction of sp³-hybridized carbons (Fsp3) is 0.647. The Balaban J connectivity index is 1.83. The second kappa shape index (κ2) is 6.99. The predicted molar refractivity (Wildman–Crippen MR) is 92.5 cm³/mol. The van der Waals surface area contributed by atoms with Gasteiger partial charge in [0.25, 0.3) is 0 Å².